The predicted molar refractivity (Wildman–Crippen MR) is 142 cm³/mol. The molecule has 2 atom stereocenters. The molecule has 1 fully saturated rings. The van der Waals surface area contributed by atoms with Crippen LogP contribution in [0.3, 0.4) is 0 Å². The van der Waals surface area contributed by atoms with Gasteiger partial charge in [0.1, 0.15) is 24.7 Å². The lowest BCUT2D eigenvalue weighted by molar-refractivity contribution is -0.135. The molecule has 1 aromatic heterocycles. The molecule has 3 aliphatic heterocycles. The molecule has 6 rings (SSSR count). The van der Waals surface area contributed by atoms with E-state index in [4.69, 9.17) is 18.9 Å². The van der Waals surface area contributed by atoms with E-state index in [1.54, 1.807) is 51.5 Å². The van der Waals surface area contributed by atoms with E-state index in [2.05, 4.69) is 0 Å². The van der Waals surface area contributed by atoms with E-state index in [0.717, 1.165) is 24.8 Å². The van der Waals surface area contributed by atoms with Crippen molar-refractivity contribution in [2.75, 3.05) is 39.6 Å². The SMILES string of the molecule is O=C(c1ccc2c(c1)OCO2)N(CC(=O)N1CCc2sccc2[C@H]1COc1cccc(F)c1)C[C@H]1CCCO1. The van der Waals surface area contributed by atoms with Crippen LogP contribution in [0.25, 0.3) is 0 Å². The number of hydrogen-bond acceptors (Lipinski definition) is 7. The molecule has 4 heterocycles. The van der Waals surface area contributed by atoms with Crippen LogP contribution in [0.2, 0.25) is 0 Å². The number of hydrogen-bond donors (Lipinski definition) is 0. The Morgan fingerprint density at radius 2 is 2.03 bits per heavy atom. The number of carbonyl (C=O) groups is 2. The van der Waals surface area contributed by atoms with E-state index in [0.29, 0.717) is 42.5 Å². The molecule has 2 aromatic carbocycles. The highest BCUT2D eigenvalue weighted by Gasteiger charge is 2.35. The maximum Gasteiger partial charge on any atom is 0.254 e. The molecule has 204 valence electrons. The van der Waals surface area contributed by atoms with E-state index < -0.39 is 0 Å². The lowest BCUT2D eigenvalue weighted by Gasteiger charge is -2.37. The summed E-state index contributed by atoms with van der Waals surface area (Å²) in [5.74, 6) is 0.689. The Labute approximate surface area is 229 Å². The highest BCUT2D eigenvalue weighted by Crippen LogP contribution is 2.35. The van der Waals surface area contributed by atoms with Gasteiger partial charge in [-0.25, -0.2) is 4.39 Å². The summed E-state index contributed by atoms with van der Waals surface area (Å²) in [6.45, 7) is 1.68. The van der Waals surface area contributed by atoms with Gasteiger partial charge in [-0.05, 0) is 66.6 Å². The van der Waals surface area contributed by atoms with Crippen molar-refractivity contribution in [1.82, 2.24) is 9.80 Å². The van der Waals surface area contributed by atoms with Crippen molar-refractivity contribution in [1.29, 1.82) is 0 Å². The number of nitrogens with zero attached hydrogens (tertiary/aromatic N) is 2. The van der Waals surface area contributed by atoms with E-state index in [9.17, 15) is 14.0 Å². The number of rotatable bonds is 8. The topological polar surface area (TPSA) is 77.5 Å². The molecule has 0 radical (unpaired) electrons. The molecule has 0 N–H and O–H groups in total. The summed E-state index contributed by atoms with van der Waals surface area (Å²) in [6.07, 6.45) is 2.38. The Bertz CT molecular complexity index is 1360. The van der Waals surface area contributed by atoms with Gasteiger partial charge in [-0.1, -0.05) is 6.07 Å². The summed E-state index contributed by atoms with van der Waals surface area (Å²) < 4.78 is 36.3. The molecule has 1 saturated heterocycles. The molecular weight excluding hydrogens is 523 g/mol. The Kier molecular flexibility index (Phi) is 7.38. The Morgan fingerprint density at radius 3 is 2.87 bits per heavy atom. The second-order valence-electron chi connectivity index (χ2n) is 9.81. The minimum atomic E-state index is -0.382. The summed E-state index contributed by atoms with van der Waals surface area (Å²) in [6, 6.07) is 12.7. The van der Waals surface area contributed by atoms with Crippen LogP contribution in [-0.2, 0) is 16.0 Å². The molecule has 3 aliphatic rings. The van der Waals surface area contributed by atoms with Gasteiger partial charge in [0, 0.05) is 36.2 Å². The van der Waals surface area contributed by atoms with Crippen molar-refractivity contribution >= 4 is 23.2 Å². The lowest BCUT2D eigenvalue weighted by atomic mass is 10.00. The van der Waals surface area contributed by atoms with Crippen molar-refractivity contribution in [2.45, 2.75) is 31.4 Å². The molecule has 0 spiro atoms. The summed E-state index contributed by atoms with van der Waals surface area (Å²) in [5.41, 5.74) is 1.46. The maximum atomic E-state index is 13.8. The van der Waals surface area contributed by atoms with E-state index in [1.807, 2.05) is 11.4 Å². The fourth-order valence-electron chi connectivity index (χ4n) is 5.33. The van der Waals surface area contributed by atoms with Crippen molar-refractivity contribution in [3.8, 4) is 17.2 Å². The number of carbonyl (C=O) groups excluding carboxylic acids is 2. The summed E-state index contributed by atoms with van der Waals surface area (Å²) >= 11 is 1.66. The average molecular weight is 553 g/mol. The standard InChI is InChI=1S/C29H29FN2O6S/c30-20-3-1-4-21(14-20)36-17-24-23-9-12-39-27(23)8-10-32(24)28(33)16-31(15-22-5-2-11-35-22)29(34)19-6-7-25-26(13-19)38-18-37-25/h1,3-4,6-7,9,12-14,22,24H,2,5,8,10-11,15-18H2/t22-,24-/m1/s1. The van der Waals surface area contributed by atoms with E-state index >= 15 is 0 Å². The molecule has 0 unspecified atom stereocenters. The van der Waals surface area contributed by atoms with Gasteiger partial charge in [0.15, 0.2) is 11.5 Å². The number of amides is 2. The normalized spacial score (nSPS) is 19.6. The summed E-state index contributed by atoms with van der Waals surface area (Å²) in [7, 11) is 0. The quantitative estimate of drug-likeness (QED) is 0.411. The smallest absolute Gasteiger partial charge is 0.254 e. The fourth-order valence-corrected chi connectivity index (χ4v) is 6.25. The second-order valence-corrected chi connectivity index (χ2v) is 10.8. The minimum Gasteiger partial charge on any atom is -0.491 e. The third-order valence-electron chi connectivity index (χ3n) is 7.30. The largest absolute Gasteiger partial charge is 0.491 e. The predicted octanol–water partition coefficient (Wildman–Crippen LogP) is 4.44. The molecule has 8 nitrogen and oxygen atoms in total. The first-order valence-corrected chi connectivity index (χ1v) is 14.0. The zero-order valence-corrected chi connectivity index (χ0v) is 22.2. The van der Waals surface area contributed by atoms with Gasteiger partial charge in [0.25, 0.3) is 5.91 Å². The molecule has 0 saturated carbocycles. The molecule has 3 aromatic rings. The van der Waals surface area contributed by atoms with E-state index in [-0.39, 0.29) is 49.7 Å². The van der Waals surface area contributed by atoms with Gasteiger partial charge in [-0.15, -0.1) is 11.3 Å². The van der Waals surface area contributed by atoms with Gasteiger partial charge >= 0.3 is 0 Å². The fraction of sp³-hybridized carbons (Fsp3) is 0.379. The summed E-state index contributed by atoms with van der Waals surface area (Å²) in [4.78, 5) is 32.1. The molecular formula is C29H29FN2O6S. The molecule has 10 heteroatoms. The minimum absolute atomic E-state index is 0.0942. The third-order valence-corrected chi connectivity index (χ3v) is 8.30. The van der Waals surface area contributed by atoms with Gasteiger partial charge in [-0.3, -0.25) is 9.59 Å². The first kappa shape index (κ1) is 25.6. The number of ether oxygens (including phenoxy) is 4. The van der Waals surface area contributed by atoms with Gasteiger partial charge in [-0.2, -0.15) is 0 Å². The van der Waals surface area contributed by atoms with Crippen LogP contribution < -0.4 is 14.2 Å². The number of fused-ring (bicyclic) bond motifs is 2. The Hall–Kier alpha value is -3.63. The van der Waals surface area contributed by atoms with Crippen LogP contribution in [0.5, 0.6) is 17.2 Å². The van der Waals surface area contributed by atoms with Gasteiger partial charge in [0.05, 0.1) is 12.1 Å². The van der Waals surface area contributed by atoms with Gasteiger partial charge < -0.3 is 28.7 Å². The van der Waals surface area contributed by atoms with E-state index in [1.165, 1.54) is 17.0 Å². The highest BCUT2D eigenvalue weighted by atomic mass is 32.1. The van der Waals surface area contributed by atoms with Crippen LogP contribution >= 0.6 is 11.3 Å². The molecule has 0 aliphatic carbocycles. The van der Waals surface area contributed by atoms with Crippen molar-refractivity contribution in [3.63, 3.8) is 0 Å². The van der Waals surface area contributed by atoms with Crippen molar-refractivity contribution in [3.05, 3.63) is 75.7 Å². The third kappa shape index (κ3) is 5.58. The average Bonchev–Trinajstić information content (AvgIpc) is 3.72. The maximum absolute atomic E-state index is 13.8. The monoisotopic (exact) mass is 552 g/mol. The second kappa shape index (κ2) is 11.2. The summed E-state index contributed by atoms with van der Waals surface area (Å²) in [5, 5.41) is 2.01. The molecule has 2 amide bonds. The zero-order chi connectivity index (χ0) is 26.8. The van der Waals surface area contributed by atoms with Crippen LogP contribution in [-0.4, -0.2) is 67.4 Å². The van der Waals surface area contributed by atoms with Crippen molar-refractivity contribution < 1.29 is 32.9 Å². The number of halogens is 1. The van der Waals surface area contributed by atoms with Crippen LogP contribution in [0.1, 0.15) is 39.7 Å². The number of thiophene rings is 1. The molecule has 39 heavy (non-hydrogen) atoms. The van der Waals surface area contributed by atoms with Crippen LogP contribution in [0.15, 0.2) is 53.9 Å². The molecule has 0 bridgehead atoms. The first-order valence-electron chi connectivity index (χ1n) is 13.1. The Morgan fingerprint density at radius 1 is 1.13 bits per heavy atom. The van der Waals surface area contributed by atoms with Crippen LogP contribution in [0, 0.1) is 5.82 Å². The Balaban J connectivity index is 1.22. The number of benzene rings is 2. The highest BCUT2D eigenvalue weighted by molar-refractivity contribution is 7.10. The lowest BCUT2D eigenvalue weighted by Crippen LogP contribution is -2.49. The van der Waals surface area contributed by atoms with Gasteiger partial charge in [0.2, 0.25) is 12.7 Å². The first-order chi connectivity index (χ1) is 19.0. The van der Waals surface area contributed by atoms with Crippen molar-refractivity contribution in [2.24, 2.45) is 0 Å². The van der Waals surface area contributed by atoms with Crippen LogP contribution in [0.4, 0.5) is 4.39 Å². The zero-order valence-electron chi connectivity index (χ0n) is 21.3.